The average Bonchev–Trinajstić information content (AvgIpc) is 2.89. The van der Waals surface area contributed by atoms with Gasteiger partial charge in [-0.05, 0) is 24.6 Å². The van der Waals surface area contributed by atoms with Crippen LogP contribution in [-0.2, 0) is 0 Å². The van der Waals surface area contributed by atoms with Crippen LogP contribution in [0.25, 0.3) is 11.4 Å². The molecule has 0 saturated carbocycles. The van der Waals surface area contributed by atoms with Crippen LogP contribution in [-0.4, -0.2) is 33.3 Å². The van der Waals surface area contributed by atoms with Crippen LogP contribution in [0.3, 0.4) is 0 Å². The minimum Gasteiger partial charge on any atom is -0.314 e. The summed E-state index contributed by atoms with van der Waals surface area (Å²) in [5.41, 5.74) is 0.996. The molecule has 1 atom stereocenters. The normalized spacial score (nSPS) is 12.8. The van der Waals surface area contributed by atoms with E-state index < -0.39 is 0 Å². The third kappa shape index (κ3) is 3.86. The zero-order valence-corrected chi connectivity index (χ0v) is 11.7. The highest BCUT2D eigenvalue weighted by molar-refractivity contribution is 5.52. The summed E-state index contributed by atoms with van der Waals surface area (Å²) in [5.74, 6) is 1.33. The summed E-state index contributed by atoms with van der Waals surface area (Å²) in [5, 5.41) is 16.1. The molecule has 2 rings (SSSR count). The molecule has 0 aliphatic rings. The molecule has 0 bridgehead atoms. The first-order valence-corrected chi connectivity index (χ1v) is 6.72. The lowest BCUT2D eigenvalue weighted by Crippen LogP contribution is -2.27. The van der Waals surface area contributed by atoms with E-state index in [1.807, 2.05) is 30.3 Å². The fourth-order valence-corrected chi connectivity index (χ4v) is 1.78. The van der Waals surface area contributed by atoms with Gasteiger partial charge in [0.1, 0.15) is 0 Å². The topological polar surface area (TPSA) is 55.6 Å². The van der Waals surface area contributed by atoms with Gasteiger partial charge >= 0.3 is 0 Å². The van der Waals surface area contributed by atoms with Gasteiger partial charge < -0.3 is 5.32 Å². The lowest BCUT2D eigenvalue weighted by atomic mass is 10.2. The molecule has 1 aromatic heterocycles. The van der Waals surface area contributed by atoms with E-state index in [0.29, 0.717) is 11.7 Å². The molecule has 0 aliphatic heterocycles. The third-order valence-corrected chi connectivity index (χ3v) is 2.85. The van der Waals surface area contributed by atoms with Gasteiger partial charge in [0.05, 0.1) is 6.04 Å². The van der Waals surface area contributed by atoms with Crippen molar-refractivity contribution in [3.63, 3.8) is 0 Å². The van der Waals surface area contributed by atoms with Crippen LogP contribution in [0.15, 0.2) is 30.3 Å². The zero-order chi connectivity index (χ0) is 13.7. The predicted molar refractivity (Wildman–Crippen MR) is 75.7 cm³/mol. The Kier molecular flexibility index (Phi) is 4.63. The molecule has 1 unspecified atom stereocenters. The smallest absolute Gasteiger partial charge is 0.204 e. The molecule has 0 spiro atoms. The highest BCUT2D eigenvalue weighted by Crippen LogP contribution is 2.13. The van der Waals surface area contributed by atoms with Crippen molar-refractivity contribution in [2.45, 2.75) is 26.8 Å². The van der Waals surface area contributed by atoms with E-state index in [1.54, 1.807) is 4.80 Å². The van der Waals surface area contributed by atoms with E-state index in [4.69, 9.17) is 0 Å². The highest BCUT2D eigenvalue weighted by Gasteiger charge is 2.10. The second kappa shape index (κ2) is 6.43. The van der Waals surface area contributed by atoms with Crippen LogP contribution in [0.2, 0.25) is 0 Å². The quantitative estimate of drug-likeness (QED) is 0.863. The summed E-state index contributed by atoms with van der Waals surface area (Å²) in [6, 6.07) is 10.1. The molecule has 102 valence electrons. The maximum Gasteiger partial charge on any atom is 0.204 e. The van der Waals surface area contributed by atoms with Crippen LogP contribution in [0.4, 0.5) is 0 Å². The van der Waals surface area contributed by atoms with E-state index in [1.165, 1.54) is 0 Å². The maximum atomic E-state index is 4.43. The molecule has 5 nitrogen and oxygen atoms in total. The molecular weight excluding hydrogens is 238 g/mol. The molecule has 5 heteroatoms. The Morgan fingerprint density at radius 3 is 2.53 bits per heavy atom. The van der Waals surface area contributed by atoms with Crippen LogP contribution >= 0.6 is 0 Å². The van der Waals surface area contributed by atoms with Crippen molar-refractivity contribution in [3.8, 4) is 11.4 Å². The summed E-state index contributed by atoms with van der Waals surface area (Å²) in [4.78, 5) is 1.68. The van der Waals surface area contributed by atoms with Crippen molar-refractivity contribution < 1.29 is 0 Å². The molecule has 0 radical (unpaired) electrons. The molecule has 1 aromatic carbocycles. The molecule has 0 amide bonds. The van der Waals surface area contributed by atoms with Gasteiger partial charge in [0.2, 0.25) is 5.82 Å². The zero-order valence-electron chi connectivity index (χ0n) is 11.7. The van der Waals surface area contributed by atoms with Gasteiger partial charge in [-0.2, -0.15) is 4.80 Å². The van der Waals surface area contributed by atoms with Crippen molar-refractivity contribution in [2.75, 3.05) is 13.1 Å². The molecule has 0 aliphatic carbocycles. The fourth-order valence-electron chi connectivity index (χ4n) is 1.78. The Morgan fingerprint density at radius 1 is 1.11 bits per heavy atom. The predicted octanol–water partition coefficient (Wildman–Crippen LogP) is 2.15. The minimum absolute atomic E-state index is 0.198. The second-order valence-electron chi connectivity index (χ2n) is 5.20. The summed E-state index contributed by atoms with van der Waals surface area (Å²) >= 11 is 0. The van der Waals surface area contributed by atoms with Gasteiger partial charge in [-0.25, -0.2) is 0 Å². The first-order valence-electron chi connectivity index (χ1n) is 6.72. The maximum absolute atomic E-state index is 4.43. The van der Waals surface area contributed by atoms with Gasteiger partial charge in [0.15, 0.2) is 0 Å². The highest BCUT2D eigenvalue weighted by atomic mass is 15.6. The van der Waals surface area contributed by atoms with Crippen LogP contribution in [0.5, 0.6) is 0 Å². The van der Waals surface area contributed by atoms with Crippen molar-refractivity contribution >= 4 is 0 Å². The second-order valence-corrected chi connectivity index (χ2v) is 5.20. The van der Waals surface area contributed by atoms with E-state index in [9.17, 15) is 0 Å². The Labute approximate surface area is 114 Å². The standard InChI is InChI=1S/C14H21N5/c1-11(2)9-15-10-12(3)19-17-14(16-18-19)13-7-5-4-6-8-13/h4-8,11-12,15H,9-10H2,1-3H3. The van der Waals surface area contributed by atoms with Crippen LogP contribution in [0.1, 0.15) is 26.8 Å². The SMILES string of the molecule is CC(C)CNCC(C)n1nnc(-c2ccccc2)n1. The molecule has 1 heterocycles. The lowest BCUT2D eigenvalue weighted by molar-refractivity contribution is 0.391. The lowest BCUT2D eigenvalue weighted by Gasteiger charge is -2.12. The van der Waals surface area contributed by atoms with Crippen molar-refractivity contribution in [1.82, 2.24) is 25.5 Å². The number of hydrogen-bond acceptors (Lipinski definition) is 4. The summed E-state index contributed by atoms with van der Waals surface area (Å²) in [6.07, 6.45) is 0. The number of hydrogen-bond donors (Lipinski definition) is 1. The number of tetrazole rings is 1. The number of nitrogens with one attached hydrogen (secondary N) is 1. The first kappa shape index (κ1) is 13.7. The van der Waals surface area contributed by atoms with E-state index in [2.05, 4.69) is 41.5 Å². The Bertz CT molecular complexity index is 492. The van der Waals surface area contributed by atoms with Crippen LogP contribution < -0.4 is 5.32 Å². The minimum atomic E-state index is 0.198. The molecule has 1 N–H and O–H groups in total. The Morgan fingerprint density at radius 2 is 1.84 bits per heavy atom. The van der Waals surface area contributed by atoms with E-state index >= 15 is 0 Å². The van der Waals surface area contributed by atoms with E-state index in [-0.39, 0.29) is 6.04 Å². The summed E-state index contributed by atoms with van der Waals surface area (Å²) in [6.45, 7) is 8.33. The first-order chi connectivity index (χ1) is 9.16. The summed E-state index contributed by atoms with van der Waals surface area (Å²) < 4.78 is 0. The van der Waals surface area contributed by atoms with Crippen LogP contribution in [0, 0.1) is 5.92 Å². The van der Waals surface area contributed by atoms with Gasteiger partial charge in [0.25, 0.3) is 0 Å². The third-order valence-electron chi connectivity index (χ3n) is 2.85. The van der Waals surface area contributed by atoms with Gasteiger partial charge in [0, 0.05) is 12.1 Å². The van der Waals surface area contributed by atoms with Gasteiger partial charge in [-0.1, -0.05) is 44.2 Å². The number of nitrogens with zero attached hydrogens (tertiary/aromatic N) is 4. The number of benzene rings is 1. The van der Waals surface area contributed by atoms with Crippen molar-refractivity contribution in [2.24, 2.45) is 5.92 Å². The molecule has 0 fully saturated rings. The van der Waals surface area contributed by atoms with E-state index in [0.717, 1.165) is 18.7 Å². The molecule has 2 aromatic rings. The average molecular weight is 259 g/mol. The number of rotatable bonds is 6. The Balaban J connectivity index is 1.97. The molecule has 0 saturated heterocycles. The molecule has 19 heavy (non-hydrogen) atoms. The Hall–Kier alpha value is -1.75. The summed E-state index contributed by atoms with van der Waals surface area (Å²) in [7, 11) is 0. The largest absolute Gasteiger partial charge is 0.314 e. The molecular formula is C14H21N5. The van der Waals surface area contributed by atoms with Crippen molar-refractivity contribution in [3.05, 3.63) is 30.3 Å². The van der Waals surface area contributed by atoms with Gasteiger partial charge in [-0.15, -0.1) is 10.2 Å². The van der Waals surface area contributed by atoms with Gasteiger partial charge in [-0.3, -0.25) is 0 Å². The number of aromatic nitrogens is 4. The fraction of sp³-hybridized carbons (Fsp3) is 0.500. The van der Waals surface area contributed by atoms with Crippen molar-refractivity contribution in [1.29, 1.82) is 0 Å². The monoisotopic (exact) mass is 259 g/mol.